The Kier molecular flexibility index (Phi) is 2.76. The highest BCUT2D eigenvalue weighted by molar-refractivity contribution is 9.10. The van der Waals surface area contributed by atoms with Gasteiger partial charge in [0.2, 0.25) is 0 Å². The molecule has 1 heterocycles. The summed E-state index contributed by atoms with van der Waals surface area (Å²) >= 11 is 3.20. The Balaban J connectivity index is 2.31. The Morgan fingerprint density at radius 3 is 2.61 bits per heavy atom. The number of hydrogen-bond donors (Lipinski definition) is 0. The molecule has 3 rings (SSSR count). The predicted octanol–water partition coefficient (Wildman–Crippen LogP) is 4.22. The molecular formula is C15H9BrO2. The van der Waals surface area contributed by atoms with Gasteiger partial charge in [-0.25, -0.2) is 4.79 Å². The lowest BCUT2D eigenvalue weighted by Crippen LogP contribution is -1.98. The summed E-state index contributed by atoms with van der Waals surface area (Å²) in [5.74, 6) is 0. The number of halogens is 1. The van der Waals surface area contributed by atoms with E-state index in [-0.39, 0.29) is 5.63 Å². The summed E-state index contributed by atoms with van der Waals surface area (Å²) in [6, 6.07) is 16.0. The van der Waals surface area contributed by atoms with Crippen LogP contribution in [-0.4, -0.2) is 0 Å². The van der Waals surface area contributed by atoms with Crippen LogP contribution in [-0.2, 0) is 0 Å². The van der Waals surface area contributed by atoms with Crippen molar-refractivity contribution in [3.05, 3.63) is 69.7 Å². The molecule has 0 N–H and O–H groups in total. The van der Waals surface area contributed by atoms with Gasteiger partial charge in [0, 0.05) is 5.56 Å². The van der Waals surface area contributed by atoms with Crippen molar-refractivity contribution in [3.63, 3.8) is 0 Å². The molecule has 0 amide bonds. The molecule has 0 atom stereocenters. The first-order chi connectivity index (χ1) is 8.75. The topological polar surface area (TPSA) is 30.2 Å². The highest BCUT2D eigenvalue weighted by Crippen LogP contribution is 2.28. The number of rotatable bonds is 1. The van der Waals surface area contributed by atoms with Crippen LogP contribution in [0.1, 0.15) is 0 Å². The molecule has 0 aliphatic carbocycles. The molecule has 3 heteroatoms. The second-order valence-electron chi connectivity index (χ2n) is 4.00. The Labute approximate surface area is 112 Å². The van der Waals surface area contributed by atoms with Gasteiger partial charge in [0.15, 0.2) is 0 Å². The molecule has 0 saturated heterocycles. The van der Waals surface area contributed by atoms with Crippen molar-refractivity contribution in [2.24, 2.45) is 0 Å². The summed E-state index contributed by atoms with van der Waals surface area (Å²) in [5, 5.41) is 2.30. The zero-order chi connectivity index (χ0) is 12.5. The summed E-state index contributed by atoms with van der Waals surface area (Å²) in [5.41, 5.74) is 1.58. The van der Waals surface area contributed by atoms with Crippen molar-refractivity contribution in [2.75, 3.05) is 0 Å². The van der Waals surface area contributed by atoms with Crippen molar-refractivity contribution in [3.8, 4) is 11.1 Å². The minimum Gasteiger partial charge on any atom is -0.430 e. The van der Waals surface area contributed by atoms with Gasteiger partial charge in [-0.15, -0.1) is 0 Å². The van der Waals surface area contributed by atoms with Crippen LogP contribution < -0.4 is 5.63 Å². The molecule has 0 bridgehead atoms. The van der Waals surface area contributed by atoms with E-state index in [4.69, 9.17) is 4.42 Å². The minimum atomic E-state index is -0.362. The van der Waals surface area contributed by atoms with Crippen LogP contribution in [0, 0.1) is 0 Å². The first-order valence-electron chi connectivity index (χ1n) is 5.52. The van der Waals surface area contributed by atoms with Crippen LogP contribution in [0.4, 0.5) is 0 Å². The first kappa shape index (κ1) is 11.2. The van der Waals surface area contributed by atoms with Gasteiger partial charge in [0.05, 0.1) is 0 Å². The number of fused-ring (bicyclic) bond motifs is 1. The van der Waals surface area contributed by atoms with Gasteiger partial charge in [-0.1, -0.05) is 42.5 Å². The summed E-state index contributed by atoms with van der Waals surface area (Å²) < 4.78 is 5.43. The van der Waals surface area contributed by atoms with Crippen LogP contribution in [0.5, 0.6) is 0 Å². The van der Waals surface area contributed by atoms with Crippen molar-refractivity contribution >= 4 is 26.7 Å². The molecule has 0 unspecified atom stereocenters. The Bertz CT molecular complexity index is 769. The largest absolute Gasteiger partial charge is 0.430 e. The second kappa shape index (κ2) is 4.42. The van der Waals surface area contributed by atoms with Crippen LogP contribution in [0.15, 0.2) is 68.5 Å². The lowest BCUT2D eigenvalue weighted by Gasteiger charge is -2.06. The molecule has 0 aliphatic heterocycles. The molecule has 0 radical (unpaired) electrons. The highest BCUT2D eigenvalue weighted by Gasteiger charge is 2.06. The third kappa shape index (κ3) is 1.87. The maximum Gasteiger partial charge on any atom is 0.350 e. The van der Waals surface area contributed by atoms with Crippen molar-refractivity contribution in [1.29, 1.82) is 0 Å². The fourth-order valence-corrected chi connectivity index (χ4v) is 2.36. The molecular weight excluding hydrogens is 292 g/mol. The average Bonchev–Trinajstić information content (AvgIpc) is 2.41. The average molecular weight is 301 g/mol. The molecule has 0 fully saturated rings. The van der Waals surface area contributed by atoms with Gasteiger partial charge in [-0.2, -0.15) is 0 Å². The maximum absolute atomic E-state index is 11.3. The van der Waals surface area contributed by atoms with E-state index in [9.17, 15) is 4.79 Å². The zero-order valence-corrected chi connectivity index (χ0v) is 11.0. The lowest BCUT2D eigenvalue weighted by molar-refractivity contribution is 0.508. The van der Waals surface area contributed by atoms with Crippen LogP contribution in [0.3, 0.4) is 0 Å². The van der Waals surface area contributed by atoms with Gasteiger partial charge in [0.25, 0.3) is 0 Å². The number of benzene rings is 2. The van der Waals surface area contributed by atoms with E-state index in [1.165, 1.54) is 6.26 Å². The van der Waals surface area contributed by atoms with E-state index in [2.05, 4.69) is 34.1 Å². The van der Waals surface area contributed by atoms with Crippen LogP contribution in [0.25, 0.3) is 21.9 Å². The Hall–Kier alpha value is -1.87. The molecule has 0 spiro atoms. The quantitative estimate of drug-likeness (QED) is 0.673. The fraction of sp³-hybridized carbons (Fsp3) is 0. The molecule has 1 aromatic heterocycles. The standard InChI is InChI=1S/C15H9BrO2/c16-14-8-11(9-18-15(14)17)13-7-3-5-10-4-1-2-6-12(10)13/h1-9H. The van der Waals surface area contributed by atoms with Gasteiger partial charge < -0.3 is 4.42 Å². The van der Waals surface area contributed by atoms with Gasteiger partial charge in [-0.05, 0) is 38.3 Å². The SMILES string of the molecule is O=c1occ(-c2cccc3ccccc23)cc1Br. The predicted molar refractivity (Wildman–Crippen MR) is 75.6 cm³/mol. The van der Waals surface area contributed by atoms with Crippen molar-refractivity contribution in [1.82, 2.24) is 0 Å². The van der Waals surface area contributed by atoms with Crippen LogP contribution in [0.2, 0.25) is 0 Å². The van der Waals surface area contributed by atoms with E-state index in [1.807, 2.05) is 24.3 Å². The third-order valence-electron chi connectivity index (χ3n) is 2.87. The molecule has 18 heavy (non-hydrogen) atoms. The molecule has 2 aromatic carbocycles. The molecule has 0 saturated carbocycles. The highest BCUT2D eigenvalue weighted by atomic mass is 79.9. The van der Waals surface area contributed by atoms with Crippen molar-refractivity contribution < 1.29 is 4.42 Å². The lowest BCUT2D eigenvalue weighted by atomic mass is 10.00. The minimum absolute atomic E-state index is 0.362. The van der Waals surface area contributed by atoms with E-state index in [1.54, 1.807) is 6.07 Å². The Morgan fingerprint density at radius 2 is 1.78 bits per heavy atom. The number of hydrogen-bond acceptors (Lipinski definition) is 2. The third-order valence-corrected chi connectivity index (χ3v) is 3.42. The fourth-order valence-electron chi connectivity index (χ4n) is 2.02. The van der Waals surface area contributed by atoms with Gasteiger partial charge in [-0.3, -0.25) is 0 Å². The summed E-state index contributed by atoms with van der Waals surface area (Å²) in [6.07, 6.45) is 1.49. The molecule has 88 valence electrons. The van der Waals surface area contributed by atoms with E-state index in [0.717, 1.165) is 21.9 Å². The monoisotopic (exact) mass is 300 g/mol. The second-order valence-corrected chi connectivity index (χ2v) is 4.85. The smallest absolute Gasteiger partial charge is 0.350 e. The van der Waals surface area contributed by atoms with E-state index >= 15 is 0 Å². The first-order valence-corrected chi connectivity index (χ1v) is 6.31. The van der Waals surface area contributed by atoms with E-state index < -0.39 is 0 Å². The molecule has 3 aromatic rings. The molecule has 0 aliphatic rings. The van der Waals surface area contributed by atoms with Gasteiger partial charge >= 0.3 is 5.63 Å². The summed E-state index contributed by atoms with van der Waals surface area (Å²) in [6.45, 7) is 0. The maximum atomic E-state index is 11.3. The zero-order valence-electron chi connectivity index (χ0n) is 9.39. The Morgan fingerprint density at radius 1 is 1.00 bits per heavy atom. The van der Waals surface area contributed by atoms with Crippen molar-refractivity contribution in [2.45, 2.75) is 0 Å². The summed E-state index contributed by atoms with van der Waals surface area (Å²) in [7, 11) is 0. The summed E-state index contributed by atoms with van der Waals surface area (Å²) in [4.78, 5) is 11.3. The van der Waals surface area contributed by atoms with Crippen LogP contribution >= 0.6 is 15.9 Å². The van der Waals surface area contributed by atoms with E-state index in [0.29, 0.717) is 4.47 Å². The molecule has 2 nitrogen and oxygen atoms in total. The van der Waals surface area contributed by atoms with Gasteiger partial charge in [0.1, 0.15) is 10.7 Å². The normalized spacial score (nSPS) is 10.7.